The van der Waals surface area contributed by atoms with Gasteiger partial charge in [-0.3, -0.25) is 4.79 Å². The number of ether oxygens (including phenoxy) is 1. The molecule has 1 amide bonds. The SMILES string of the molecule is Cc1ccccc1CC(=O)NCCN1CCOc2ccccc21. The van der Waals surface area contributed by atoms with Crippen LogP contribution in [0.15, 0.2) is 48.5 Å². The molecule has 0 atom stereocenters. The number of carbonyl (C=O) groups excluding carboxylic acids is 1. The number of nitrogens with zero attached hydrogens (tertiary/aromatic N) is 1. The second kappa shape index (κ2) is 7.18. The van der Waals surface area contributed by atoms with Crippen molar-refractivity contribution in [2.24, 2.45) is 0 Å². The van der Waals surface area contributed by atoms with E-state index in [4.69, 9.17) is 4.74 Å². The van der Waals surface area contributed by atoms with Crippen molar-refractivity contribution in [3.63, 3.8) is 0 Å². The average molecular weight is 310 g/mol. The molecule has 1 aliphatic rings. The molecule has 2 aromatic carbocycles. The third-order valence-corrected chi connectivity index (χ3v) is 4.14. The molecule has 4 nitrogen and oxygen atoms in total. The topological polar surface area (TPSA) is 41.6 Å². The summed E-state index contributed by atoms with van der Waals surface area (Å²) in [5, 5.41) is 3.02. The van der Waals surface area contributed by atoms with Gasteiger partial charge in [0.25, 0.3) is 0 Å². The van der Waals surface area contributed by atoms with Gasteiger partial charge in [-0.25, -0.2) is 0 Å². The zero-order valence-corrected chi connectivity index (χ0v) is 13.4. The molecule has 4 heteroatoms. The predicted octanol–water partition coefficient (Wildman–Crippen LogP) is 2.55. The first-order valence-electron chi connectivity index (χ1n) is 8.02. The summed E-state index contributed by atoms with van der Waals surface area (Å²) in [6, 6.07) is 16.0. The molecule has 0 fully saturated rings. The highest BCUT2D eigenvalue weighted by atomic mass is 16.5. The third kappa shape index (κ3) is 3.83. The summed E-state index contributed by atoms with van der Waals surface area (Å²) in [7, 11) is 0. The number of hydrogen-bond acceptors (Lipinski definition) is 3. The predicted molar refractivity (Wildman–Crippen MR) is 92.0 cm³/mol. The number of hydrogen-bond donors (Lipinski definition) is 1. The van der Waals surface area contributed by atoms with Gasteiger partial charge in [0.05, 0.1) is 18.7 Å². The Bertz CT molecular complexity index is 685. The van der Waals surface area contributed by atoms with E-state index < -0.39 is 0 Å². The van der Waals surface area contributed by atoms with E-state index in [0.717, 1.165) is 35.7 Å². The molecule has 23 heavy (non-hydrogen) atoms. The Hall–Kier alpha value is -2.49. The molecule has 0 spiro atoms. The first-order valence-corrected chi connectivity index (χ1v) is 8.02. The molecule has 1 N–H and O–H groups in total. The van der Waals surface area contributed by atoms with Crippen LogP contribution in [0.25, 0.3) is 0 Å². The highest BCUT2D eigenvalue weighted by Crippen LogP contribution is 2.30. The van der Waals surface area contributed by atoms with Crippen LogP contribution in [0.2, 0.25) is 0 Å². The Kier molecular flexibility index (Phi) is 4.81. The lowest BCUT2D eigenvalue weighted by atomic mass is 10.1. The smallest absolute Gasteiger partial charge is 0.224 e. The van der Waals surface area contributed by atoms with Gasteiger partial charge in [0.1, 0.15) is 12.4 Å². The fraction of sp³-hybridized carbons (Fsp3) is 0.316. The Morgan fingerprint density at radius 3 is 2.83 bits per heavy atom. The van der Waals surface area contributed by atoms with Crippen molar-refractivity contribution in [1.82, 2.24) is 5.32 Å². The molecule has 0 unspecified atom stereocenters. The van der Waals surface area contributed by atoms with Crippen LogP contribution in [0.4, 0.5) is 5.69 Å². The van der Waals surface area contributed by atoms with Crippen LogP contribution in [-0.2, 0) is 11.2 Å². The maximum atomic E-state index is 12.1. The Morgan fingerprint density at radius 2 is 1.96 bits per heavy atom. The molecular formula is C19H22N2O2. The standard InChI is InChI=1S/C19H22N2O2/c1-15-6-2-3-7-16(15)14-19(22)20-10-11-21-12-13-23-18-9-5-4-8-17(18)21/h2-9H,10-14H2,1H3,(H,20,22). The summed E-state index contributed by atoms with van der Waals surface area (Å²) in [6.07, 6.45) is 0.437. The number of fused-ring (bicyclic) bond motifs is 1. The van der Waals surface area contributed by atoms with E-state index in [1.807, 2.05) is 49.4 Å². The summed E-state index contributed by atoms with van der Waals surface area (Å²) < 4.78 is 5.64. The van der Waals surface area contributed by atoms with E-state index in [9.17, 15) is 4.79 Å². The number of aryl methyl sites for hydroxylation is 1. The van der Waals surface area contributed by atoms with E-state index in [2.05, 4.69) is 16.3 Å². The van der Waals surface area contributed by atoms with Gasteiger partial charge in [-0.2, -0.15) is 0 Å². The van der Waals surface area contributed by atoms with Crippen molar-refractivity contribution >= 4 is 11.6 Å². The molecule has 3 rings (SSSR count). The molecule has 0 bridgehead atoms. The van der Waals surface area contributed by atoms with Crippen LogP contribution in [0.3, 0.4) is 0 Å². The van der Waals surface area contributed by atoms with Crippen molar-refractivity contribution in [2.45, 2.75) is 13.3 Å². The number of para-hydroxylation sites is 2. The largest absolute Gasteiger partial charge is 0.490 e. The van der Waals surface area contributed by atoms with Crippen molar-refractivity contribution in [2.75, 3.05) is 31.1 Å². The Morgan fingerprint density at radius 1 is 1.17 bits per heavy atom. The number of carbonyl (C=O) groups is 1. The summed E-state index contributed by atoms with van der Waals surface area (Å²) in [5.74, 6) is 0.992. The zero-order valence-electron chi connectivity index (χ0n) is 13.4. The van der Waals surface area contributed by atoms with E-state index in [1.165, 1.54) is 0 Å². The van der Waals surface area contributed by atoms with Gasteiger partial charge in [-0.1, -0.05) is 36.4 Å². The minimum Gasteiger partial charge on any atom is -0.490 e. The average Bonchev–Trinajstić information content (AvgIpc) is 2.57. The number of anilines is 1. The zero-order chi connectivity index (χ0) is 16.1. The first kappa shape index (κ1) is 15.4. The van der Waals surface area contributed by atoms with Crippen molar-refractivity contribution in [3.05, 3.63) is 59.7 Å². The lowest BCUT2D eigenvalue weighted by Crippen LogP contribution is -2.39. The van der Waals surface area contributed by atoms with E-state index in [0.29, 0.717) is 19.6 Å². The van der Waals surface area contributed by atoms with Crippen LogP contribution in [0.5, 0.6) is 5.75 Å². The molecule has 0 radical (unpaired) electrons. The Labute approximate surface area is 137 Å². The molecular weight excluding hydrogens is 288 g/mol. The fourth-order valence-electron chi connectivity index (χ4n) is 2.83. The molecule has 0 aliphatic carbocycles. The minimum absolute atomic E-state index is 0.0702. The monoisotopic (exact) mass is 310 g/mol. The summed E-state index contributed by atoms with van der Waals surface area (Å²) >= 11 is 0. The summed E-state index contributed by atoms with van der Waals surface area (Å²) in [6.45, 7) is 5.01. The third-order valence-electron chi connectivity index (χ3n) is 4.14. The summed E-state index contributed by atoms with van der Waals surface area (Å²) in [5.41, 5.74) is 3.35. The fourth-order valence-corrected chi connectivity index (χ4v) is 2.83. The van der Waals surface area contributed by atoms with Crippen LogP contribution >= 0.6 is 0 Å². The van der Waals surface area contributed by atoms with Crippen LogP contribution in [-0.4, -0.2) is 32.1 Å². The molecule has 0 saturated carbocycles. The number of benzene rings is 2. The number of nitrogens with one attached hydrogen (secondary N) is 1. The first-order chi connectivity index (χ1) is 11.2. The second-order valence-electron chi connectivity index (χ2n) is 5.76. The molecule has 0 saturated heterocycles. The van der Waals surface area contributed by atoms with Gasteiger partial charge in [-0.05, 0) is 30.2 Å². The highest BCUT2D eigenvalue weighted by molar-refractivity contribution is 5.79. The highest BCUT2D eigenvalue weighted by Gasteiger charge is 2.17. The maximum absolute atomic E-state index is 12.1. The maximum Gasteiger partial charge on any atom is 0.224 e. The lowest BCUT2D eigenvalue weighted by molar-refractivity contribution is -0.120. The van der Waals surface area contributed by atoms with Gasteiger partial charge in [0.15, 0.2) is 0 Å². The van der Waals surface area contributed by atoms with Gasteiger partial charge in [0.2, 0.25) is 5.91 Å². The van der Waals surface area contributed by atoms with Gasteiger partial charge in [-0.15, -0.1) is 0 Å². The molecule has 0 aromatic heterocycles. The quantitative estimate of drug-likeness (QED) is 0.923. The van der Waals surface area contributed by atoms with Crippen LogP contribution in [0.1, 0.15) is 11.1 Å². The van der Waals surface area contributed by atoms with Gasteiger partial charge in [0, 0.05) is 13.1 Å². The number of amides is 1. The summed E-state index contributed by atoms with van der Waals surface area (Å²) in [4.78, 5) is 14.4. The van der Waals surface area contributed by atoms with Crippen LogP contribution < -0.4 is 15.0 Å². The van der Waals surface area contributed by atoms with E-state index >= 15 is 0 Å². The van der Waals surface area contributed by atoms with Crippen molar-refractivity contribution in [1.29, 1.82) is 0 Å². The molecule has 1 aliphatic heterocycles. The van der Waals surface area contributed by atoms with E-state index in [1.54, 1.807) is 0 Å². The second-order valence-corrected chi connectivity index (χ2v) is 5.76. The Balaban J connectivity index is 1.50. The van der Waals surface area contributed by atoms with Crippen molar-refractivity contribution in [3.8, 4) is 5.75 Å². The van der Waals surface area contributed by atoms with Crippen molar-refractivity contribution < 1.29 is 9.53 Å². The normalized spacial score (nSPS) is 13.2. The van der Waals surface area contributed by atoms with Gasteiger partial charge >= 0.3 is 0 Å². The number of rotatable bonds is 5. The van der Waals surface area contributed by atoms with Gasteiger partial charge < -0.3 is 15.0 Å². The lowest BCUT2D eigenvalue weighted by Gasteiger charge is -2.31. The van der Waals surface area contributed by atoms with E-state index in [-0.39, 0.29) is 5.91 Å². The molecule has 2 aromatic rings. The minimum atomic E-state index is 0.0702. The molecule has 1 heterocycles. The molecule has 120 valence electrons. The van der Waals surface area contributed by atoms with Crippen LogP contribution in [0, 0.1) is 6.92 Å².